The predicted octanol–water partition coefficient (Wildman–Crippen LogP) is 2.31. The SMILES string of the molecule is CCc1cc(=O)n2nc(NCC(C)(O)CCC(C)C)sc2n1. The summed E-state index contributed by atoms with van der Waals surface area (Å²) >= 11 is 1.32. The fourth-order valence-electron chi connectivity index (χ4n) is 2.06. The number of nitrogens with zero attached hydrogens (tertiary/aromatic N) is 3. The number of hydrogen-bond donors (Lipinski definition) is 2. The van der Waals surface area contributed by atoms with Gasteiger partial charge in [-0.2, -0.15) is 4.52 Å². The average molecular weight is 324 g/mol. The molecule has 122 valence electrons. The Bertz CT molecular complexity index is 690. The first-order valence-electron chi connectivity index (χ1n) is 7.67. The van der Waals surface area contributed by atoms with Gasteiger partial charge >= 0.3 is 0 Å². The number of aromatic nitrogens is 3. The second-order valence-electron chi connectivity index (χ2n) is 6.32. The number of anilines is 1. The monoisotopic (exact) mass is 324 g/mol. The molecule has 0 saturated heterocycles. The molecule has 0 spiro atoms. The molecule has 2 heterocycles. The van der Waals surface area contributed by atoms with Crippen molar-refractivity contribution in [3.8, 4) is 0 Å². The van der Waals surface area contributed by atoms with Crippen LogP contribution in [0.2, 0.25) is 0 Å². The predicted molar refractivity (Wildman–Crippen MR) is 89.7 cm³/mol. The van der Waals surface area contributed by atoms with Crippen molar-refractivity contribution in [1.82, 2.24) is 14.6 Å². The lowest BCUT2D eigenvalue weighted by Crippen LogP contribution is -2.33. The van der Waals surface area contributed by atoms with Crippen LogP contribution in [0.5, 0.6) is 0 Å². The zero-order valence-corrected chi connectivity index (χ0v) is 14.4. The number of rotatable bonds is 7. The van der Waals surface area contributed by atoms with Crippen molar-refractivity contribution < 1.29 is 5.11 Å². The summed E-state index contributed by atoms with van der Waals surface area (Å²) in [5.74, 6) is 0.559. The lowest BCUT2D eigenvalue weighted by molar-refractivity contribution is 0.0586. The molecule has 1 unspecified atom stereocenters. The summed E-state index contributed by atoms with van der Waals surface area (Å²) in [6.45, 7) is 8.45. The number of aliphatic hydroxyl groups is 1. The third-order valence-electron chi connectivity index (χ3n) is 3.54. The van der Waals surface area contributed by atoms with E-state index in [0.717, 1.165) is 25.0 Å². The van der Waals surface area contributed by atoms with Gasteiger partial charge < -0.3 is 10.4 Å². The molecule has 1 atom stereocenters. The summed E-state index contributed by atoms with van der Waals surface area (Å²) in [7, 11) is 0. The highest BCUT2D eigenvalue weighted by molar-refractivity contribution is 7.20. The molecule has 0 aliphatic heterocycles. The van der Waals surface area contributed by atoms with Gasteiger partial charge in [0.15, 0.2) is 0 Å². The van der Waals surface area contributed by atoms with Crippen molar-refractivity contribution in [2.75, 3.05) is 11.9 Å². The van der Waals surface area contributed by atoms with Crippen LogP contribution in [-0.4, -0.2) is 31.9 Å². The van der Waals surface area contributed by atoms with E-state index in [1.54, 1.807) is 0 Å². The maximum absolute atomic E-state index is 11.9. The summed E-state index contributed by atoms with van der Waals surface area (Å²) in [5, 5.41) is 18.3. The van der Waals surface area contributed by atoms with Gasteiger partial charge in [0, 0.05) is 18.3 Å². The summed E-state index contributed by atoms with van der Waals surface area (Å²) in [5.41, 5.74) is -0.198. The van der Waals surface area contributed by atoms with E-state index < -0.39 is 5.60 Å². The lowest BCUT2D eigenvalue weighted by Gasteiger charge is -2.24. The van der Waals surface area contributed by atoms with Crippen molar-refractivity contribution in [2.24, 2.45) is 5.92 Å². The van der Waals surface area contributed by atoms with Crippen molar-refractivity contribution in [1.29, 1.82) is 0 Å². The number of nitrogens with one attached hydrogen (secondary N) is 1. The Morgan fingerprint density at radius 1 is 1.50 bits per heavy atom. The van der Waals surface area contributed by atoms with E-state index in [4.69, 9.17) is 0 Å². The van der Waals surface area contributed by atoms with Gasteiger partial charge in [0.1, 0.15) is 0 Å². The van der Waals surface area contributed by atoms with E-state index in [9.17, 15) is 9.90 Å². The van der Waals surface area contributed by atoms with Gasteiger partial charge in [0.05, 0.1) is 5.60 Å². The van der Waals surface area contributed by atoms with E-state index in [2.05, 4.69) is 29.2 Å². The molecule has 0 aromatic carbocycles. The third kappa shape index (κ3) is 4.27. The van der Waals surface area contributed by atoms with Crippen LogP contribution in [0.4, 0.5) is 5.13 Å². The lowest BCUT2D eigenvalue weighted by atomic mass is 9.95. The highest BCUT2D eigenvalue weighted by Gasteiger charge is 2.21. The van der Waals surface area contributed by atoms with Crippen LogP contribution in [0.15, 0.2) is 10.9 Å². The number of fused-ring (bicyclic) bond motifs is 1. The Hall–Kier alpha value is -1.47. The fourth-order valence-corrected chi connectivity index (χ4v) is 2.88. The average Bonchev–Trinajstić information content (AvgIpc) is 2.87. The minimum Gasteiger partial charge on any atom is -0.388 e. The quantitative estimate of drug-likeness (QED) is 0.817. The van der Waals surface area contributed by atoms with Crippen LogP contribution >= 0.6 is 11.3 Å². The van der Waals surface area contributed by atoms with E-state index in [-0.39, 0.29) is 5.56 Å². The molecular formula is C15H24N4O2S. The highest BCUT2D eigenvalue weighted by atomic mass is 32.1. The maximum atomic E-state index is 11.9. The first-order chi connectivity index (χ1) is 10.3. The normalized spacial score (nSPS) is 14.5. The highest BCUT2D eigenvalue weighted by Crippen LogP contribution is 2.20. The van der Waals surface area contributed by atoms with Crippen LogP contribution < -0.4 is 10.9 Å². The molecule has 22 heavy (non-hydrogen) atoms. The smallest absolute Gasteiger partial charge is 0.275 e. The van der Waals surface area contributed by atoms with Crippen LogP contribution in [-0.2, 0) is 6.42 Å². The summed E-state index contributed by atoms with van der Waals surface area (Å²) in [4.78, 5) is 16.9. The zero-order chi connectivity index (χ0) is 16.3. The molecule has 6 nitrogen and oxygen atoms in total. The van der Waals surface area contributed by atoms with Crippen LogP contribution in [0.3, 0.4) is 0 Å². The van der Waals surface area contributed by atoms with Crippen molar-refractivity contribution in [2.45, 2.75) is 52.6 Å². The number of hydrogen-bond acceptors (Lipinski definition) is 6. The molecule has 2 rings (SSSR count). The molecule has 2 aromatic rings. The summed E-state index contributed by atoms with van der Waals surface area (Å²) in [6.07, 6.45) is 2.41. The van der Waals surface area contributed by atoms with Crippen molar-refractivity contribution in [3.63, 3.8) is 0 Å². The van der Waals surface area contributed by atoms with Gasteiger partial charge in [-0.15, -0.1) is 5.10 Å². The van der Waals surface area contributed by atoms with Gasteiger partial charge in [-0.1, -0.05) is 32.1 Å². The Kier molecular flexibility index (Phi) is 5.18. The largest absolute Gasteiger partial charge is 0.388 e. The maximum Gasteiger partial charge on any atom is 0.275 e. The molecule has 0 saturated carbocycles. The molecule has 0 aliphatic rings. The molecule has 0 amide bonds. The zero-order valence-electron chi connectivity index (χ0n) is 13.6. The molecule has 0 aliphatic carbocycles. The minimum absolute atomic E-state index is 0.169. The van der Waals surface area contributed by atoms with E-state index in [1.807, 2.05) is 13.8 Å². The van der Waals surface area contributed by atoms with Gasteiger partial charge in [-0.25, -0.2) is 4.98 Å². The van der Waals surface area contributed by atoms with E-state index in [1.165, 1.54) is 21.9 Å². The van der Waals surface area contributed by atoms with Gasteiger partial charge in [0.2, 0.25) is 10.1 Å². The van der Waals surface area contributed by atoms with Crippen LogP contribution in [0.25, 0.3) is 4.96 Å². The number of aryl methyl sites for hydroxylation is 1. The Labute approximate surface area is 134 Å². The van der Waals surface area contributed by atoms with Crippen LogP contribution in [0, 0.1) is 5.92 Å². The summed E-state index contributed by atoms with van der Waals surface area (Å²) < 4.78 is 1.30. The molecule has 0 fully saturated rings. The van der Waals surface area contributed by atoms with Gasteiger partial charge in [-0.05, 0) is 32.1 Å². The molecule has 0 bridgehead atoms. The Morgan fingerprint density at radius 3 is 2.86 bits per heavy atom. The van der Waals surface area contributed by atoms with Gasteiger partial charge in [0.25, 0.3) is 5.56 Å². The third-order valence-corrected chi connectivity index (χ3v) is 4.41. The first kappa shape index (κ1) is 16.9. The molecule has 2 N–H and O–H groups in total. The first-order valence-corrected chi connectivity index (χ1v) is 8.48. The van der Waals surface area contributed by atoms with Crippen molar-refractivity contribution in [3.05, 3.63) is 22.1 Å². The second kappa shape index (κ2) is 6.75. The molecular weight excluding hydrogens is 300 g/mol. The van der Waals surface area contributed by atoms with E-state index >= 15 is 0 Å². The molecule has 2 aromatic heterocycles. The minimum atomic E-state index is -0.797. The molecule has 0 radical (unpaired) electrons. The second-order valence-corrected chi connectivity index (χ2v) is 7.28. The Balaban J connectivity index is 2.09. The van der Waals surface area contributed by atoms with E-state index in [0.29, 0.717) is 22.6 Å². The van der Waals surface area contributed by atoms with Crippen LogP contribution in [0.1, 0.15) is 46.2 Å². The Morgan fingerprint density at radius 2 is 2.23 bits per heavy atom. The fraction of sp³-hybridized carbons (Fsp3) is 0.667. The summed E-state index contributed by atoms with van der Waals surface area (Å²) in [6, 6.07) is 1.51. The van der Waals surface area contributed by atoms with Gasteiger partial charge in [-0.3, -0.25) is 4.79 Å². The van der Waals surface area contributed by atoms with Crippen molar-refractivity contribution >= 4 is 21.4 Å². The molecule has 7 heteroatoms. The topological polar surface area (TPSA) is 79.5 Å². The standard InChI is InChI=1S/C15H24N4O2S/c1-5-11-8-12(20)19-14(17-11)22-13(18-19)16-9-15(4,21)7-6-10(2)3/h8,10,21H,5-7,9H2,1-4H3,(H,16,18).